The Kier molecular flexibility index (Phi) is 5.48. The van der Waals surface area contributed by atoms with Crippen LogP contribution in [-0.4, -0.2) is 28.0 Å². The number of anilines is 1. The van der Waals surface area contributed by atoms with Crippen molar-refractivity contribution in [2.24, 2.45) is 0 Å². The van der Waals surface area contributed by atoms with Crippen molar-refractivity contribution in [3.05, 3.63) is 53.8 Å². The molecule has 0 spiro atoms. The van der Waals surface area contributed by atoms with Gasteiger partial charge in [-0.1, -0.05) is 6.07 Å². The molecular weight excluding hydrogens is 371 g/mol. The van der Waals surface area contributed by atoms with E-state index in [1.54, 1.807) is 30.0 Å². The fraction of sp³-hybridized carbons (Fsp3) is 0.316. The van der Waals surface area contributed by atoms with E-state index < -0.39 is 21.9 Å². The zero-order valence-electron chi connectivity index (χ0n) is 15.1. The second-order valence-electron chi connectivity index (χ2n) is 6.38. The van der Waals surface area contributed by atoms with Crippen LogP contribution in [0.15, 0.2) is 47.4 Å². The second-order valence-corrected chi connectivity index (χ2v) is 8.09. The molecule has 0 saturated carbocycles. The van der Waals surface area contributed by atoms with Gasteiger partial charge in [-0.3, -0.25) is 4.79 Å². The van der Waals surface area contributed by atoms with Crippen LogP contribution in [0, 0.1) is 5.82 Å². The van der Waals surface area contributed by atoms with Gasteiger partial charge in [-0.15, -0.1) is 0 Å². The number of hydrogen-bond donors (Lipinski definition) is 1. The number of carbonyl (C=O) groups excluding carboxylic acids is 1. The van der Waals surface area contributed by atoms with Crippen molar-refractivity contribution in [2.75, 3.05) is 18.6 Å². The van der Waals surface area contributed by atoms with Gasteiger partial charge in [0.15, 0.2) is 11.6 Å². The van der Waals surface area contributed by atoms with Crippen LogP contribution >= 0.6 is 0 Å². The molecule has 1 amide bonds. The quantitative estimate of drug-likeness (QED) is 0.820. The normalized spacial score (nSPS) is 15.8. The summed E-state index contributed by atoms with van der Waals surface area (Å²) >= 11 is 0. The molecule has 2 aromatic rings. The molecule has 6 nitrogen and oxygen atoms in total. The van der Waals surface area contributed by atoms with Crippen LogP contribution in [0.3, 0.4) is 0 Å². The standard InChI is InChI=1S/C19H21FN2O4S/c1-13(14-5-10-18(26-2)17(20)12-14)21-27(24,25)16-8-6-15(7-9-16)22-11-3-4-19(22)23/h5-10,12-13,21H,3-4,11H2,1-2H3. The predicted octanol–water partition coefficient (Wildman–Crippen LogP) is 3.00. The highest BCUT2D eigenvalue weighted by molar-refractivity contribution is 7.89. The number of halogens is 1. The molecule has 1 N–H and O–H groups in total. The summed E-state index contributed by atoms with van der Waals surface area (Å²) in [6.07, 6.45) is 1.31. The van der Waals surface area contributed by atoms with Gasteiger partial charge in [0.25, 0.3) is 0 Å². The van der Waals surface area contributed by atoms with Crippen molar-refractivity contribution in [2.45, 2.75) is 30.7 Å². The molecule has 144 valence electrons. The van der Waals surface area contributed by atoms with Gasteiger partial charge in [-0.05, 0) is 55.3 Å². The van der Waals surface area contributed by atoms with E-state index in [1.807, 2.05) is 0 Å². The van der Waals surface area contributed by atoms with Crippen LogP contribution in [0.4, 0.5) is 10.1 Å². The van der Waals surface area contributed by atoms with E-state index in [1.165, 1.54) is 31.4 Å². The summed E-state index contributed by atoms with van der Waals surface area (Å²) in [6, 6.07) is 9.85. The molecule has 27 heavy (non-hydrogen) atoms. The number of nitrogens with one attached hydrogen (secondary N) is 1. The third kappa shape index (κ3) is 4.12. The van der Waals surface area contributed by atoms with E-state index in [-0.39, 0.29) is 16.6 Å². The van der Waals surface area contributed by atoms with Gasteiger partial charge in [-0.2, -0.15) is 0 Å². The zero-order valence-corrected chi connectivity index (χ0v) is 15.9. The Bertz CT molecular complexity index is 945. The minimum Gasteiger partial charge on any atom is -0.494 e. The highest BCUT2D eigenvalue weighted by atomic mass is 32.2. The van der Waals surface area contributed by atoms with E-state index in [9.17, 15) is 17.6 Å². The molecule has 1 aliphatic heterocycles. The molecule has 1 saturated heterocycles. The van der Waals surface area contributed by atoms with E-state index in [4.69, 9.17) is 4.74 Å². The first kappa shape index (κ1) is 19.3. The third-order valence-electron chi connectivity index (χ3n) is 4.54. The lowest BCUT2D eigenvalue weighted by atomic mass is 10.1. The van der Waals surface area contributed by atoms with Gasteiger partial charge in [0.05, 0.1) is 12.0 Å². The summed E-state index contributed by atoms with van der Waals surface area (Å²) in [6.45, 7) is 2.28. The molecule has 0 aromatic heterocycles. The topological polar surface area (TPSA) is 75.7 Å². The Hall–Kier alpha value is -2.45. The van der Waals surface area contributed by atoms with Gasteiger partial charge in [0, 0.05) is 24.7 Å². The lowest BCUT2D eigenvalue weighted by Crippen LogP contribution is -2.27. The number of benzene rings is 2. The van der Waals surface area contributed by atoms with Gasteiger partial charge < -0.3 is 9.64 Å². The molecule has 1 heterocycles. The van der Waals surface area contributed by atoms with Crippen molar-refractivity contribution in [1.82, 2.24) is 4.72 Å². The molecule has 0 radical (unpaired) electrons. The van der Waals surface area contributed by atoms with Gasteiger partial charge in [0.2, 0.25) is 15.9 Å². The molecule has 1 aliphatic rings. The van der Waals surface area contributed by atoms with Crippen LogP contribution in [0.25, 0.3) is 0 Å². The maximum Gasteiger partial charge on any atom is 0.241 e. The highest BCUT2D eigenvalue weighted by Gasteiger charge is 2.23. The monoisotopic (exact) mass is 392 g/mol. The van der Waals surface area contributed by atoms with Gasteiger partial charge in [0.1, 0.15) is 0 Å². The second kappa shape index (κ2) is 7.66. The van der Waals surface area contributed by atoms with Crippen LogP contribution in [0.5, 0.6) is 5.75 Å². The van der Waals surface area contributed by atoms with Crippen LogP contribution in [0.1, 0.15) is 31.4 Å². The molecule has 2 aromatic carbocycles. The molecule has 1 fully saturated rings. The number of amides is 1. The Morgan fingerprint density at radius 1 is 1.19 bits per heavy atom. The Morgan fingerprint density at radius 2 is 1.89 bits per heavy atom. The lowest BCUT2D eigenvalue weighted by Gasteiger charge is -2.18. The molecule has 8 heteroatoms. The Balaban J connectivity index is 1.76. The van der Waals surface area contributed by atoms with E-state index in [0.717, 1.165) is 6.42 Å². The fourth-order valence-corrected chi connectivity index (χ4v) is 4.28. The molecule has 0 bridgehead atoms. The minimum atomic E-state index is -3.80. The molecule has 1 unspecified atom stereocenters. The average Bonchev–Trinajstić information content (AvgIpc) is 3.07. The van der Waals surface area contributed by atoms with E-state index >= 15 is 0 Å². The Labute approximate surface area is 158 Å². The fourth-order valence-electron chi connectivity index (χ4n) is 3.05. The number of rotatable bonds is 6. The maximum atomic E-state index is 13.9. The number of nitrogens with zero attached hydrogens (tertiary/aromatic N) is 1. The zero-order chi connectivity index (χ0) is 19.6. The van der Waals surface area contributed by atoms with Crippen LogP contribution in [-0.2, 0) is 14.8 Å². The van der Waals surface area contributed by atoms with Gasteiger partial charge >= 0.3 is 0 Å². The first-order valence-corrected chi connectivity index (χ1v) is 10.1. The predicted molar refractivity (Wildman–Crippen MR) is 99.7 cm³/mol. The van der Waals surface area contributed by atoms with E-state index in [2.05, 4.69) is 4.72 Å². The van der Waals surface area contributed by atoms with Crippen molar-refractivity contribution < 1.29 is 22.3 Å². The molecule has 1 atom stereocenters. The number of sulfonamides is 1. The smallest absolute Gasteiger partial charge is 0.241 e. The van der Waals surface area contributed by atoms with Crippen molar-refractivity contribution in [3.8, 4) is 5.75 Å². The molecule has 3 rings (SSSR count). The summed E-state index contributed by atoms with van der Waals surface area (Å²) in [7, 11) is -2.43. The molecule has 0 aliphatic carbocycles. The highest BCUT2D eigenvalue weighted by Crippen LogP contribution is 2.25. The third-order valence-corrected chi connectivity index (χ3v) is 6.10. The van der Waals surface area contributed by atoms with E-state index in [0.29, 0.717) is 24.2 Å². The van der Waals surface area contributed by atoms with Crippen molar-refractivity contribution in [3.63, 3.8) is 0 Å². The summed E-state index contributed by atoms with van der Waals surface area (Å²) < 4.78 is 46.5. The molecular formula is C19H21FN2O4S. The summed E-state index contributed by atoms with van der Waals surface area (Å²) in [5, 5.41) is 0. The number of carbonyl (C=O) groups is 1. The number of methoxy groups -OCH3 is 1. The minimum absolute atomic E-state index is 0.0406. The van der Waals surface area contributed by atoms with Gasteiger partial charge in [-0.25, -0.2) is 17.5 Å². The lowest BCUT2D eigenvalue weighted by molar-refractivity contribution is -0.117. The van der Waals surface area contributed by atoms with Crippen molar-refractivity contribution in [1.29, 1.82) is 0 Å². The van der Waals surface area contributed by atoms with Crippen LogP contribution in [0.2, 0.25) is 0 Å². The largest absolute Gasteiger partial charge is 0.494 e. The average molecular weight is 392 g/mol. The number of hydrogen-bond acceptors (Lipinski definition) is 4. The van der Waals surface area contributed by atoms with Crippen LogP contribution < -0.4 is 14.4 Å². The maximum absolute atomic E-state index is 13.9. The summed E-state index contributed by atoms with van der Waals surface area (Å²) in [4.78, 5) is 13.5. The SMILES string of the molecule is COc1ccc(C(C)NS(=O)(=O)c2ccc(N3CCCC3=O)cc2)cc1F. The Morgan fingerprint density at radius 3 is 2.44 bits per heavy atom. The summed E-state index contributed by atoms with van der Waals surface area (Å²) in [5.74, 6) is -0.416. The van der Waals surface area contributed by atoms with Crippen molar-refractivity contribution >= 4 is 21.6 Å². The first-order chi connectivity index (χ1) is 12.8. The summed E-state index contributed by atoms with van der Waals surface area (Å²) in [5.41, 5.74) is 1.16. The first-order valence-electron chi connectivity index (χ1n) is 8.58. The number of ether oxygens (including phenoxy) is 1.